The molecule has 7 atom stereocenters. The molecule has 4 nitrogen and oxygen atoms in total. The molecule has 3 saturated carbocycles. The van der Waals surface area contributed by atoms with E-state index in [0.717, 1.165) is 44.2 Å². The van der Waals surface area contributed by atoms with Gasteiger partial charge in [0.05, 0.1) is 17.9 Å². The Morgan fingerprint density at radius 2 is 1.88 bits per heavy atom. The Hall–Kier alpha value is -0.870. The van der Waals surface area contributed by atoms with Crippen LogP contribution in [0.25, 0.3) is 0 Å². The summed E-state index contributed by atoms with van der Waals surface area (Å²) < 4.78 is 0. The number of nitrogens with zero attached hydrogens (tertiary/aromatic N) is 1. The molecule has 134 valence electrons. The van der Waals surface area contributed by atoms with Crippen LogP contribution in [0.15, 0.2) is 16.8 Å². The Kier molecular flexibility index (Phi) is 3.85. The van der Waals surface area contributed by atoms with Crippen molar-refractivity contribution >= 4 is 5.71 Å². The highest BCUT2D eigenvalue weighted by molar-refractivity contribution is 5.95. The fourth-order valence-electron chi connectivity index (χ4n) is 6.71. The van der Waals surface area contributed by atoms with Gasteiger partial charge in [0.2, 0.25) is 0 Å². The van der Waals surface area contributed by atoms with Gasteiger partial charge in [-0.15, -0.1) is 0 Å². The van der Waals surface area contributed by atoms with Crippen molar-refractivity contribution in [2.75, 3.05) is 7.11 Å². The minimum Gasteiger partial charge on any atom is -0.399 e. The van der Waals surface area contributed by atoms with Crippen molar-refractivity contribution in [3.63, 3.8) is 0 Å². The van der Waals surface area contributed by atoms with E-state index in [2.05, 4.69) is 25.1 Å². The molecular weight excluding hydrogens is 302 g/mol. The van der Waals surface area contributed by atoms with Crippen molar-refractivity contribution in [2.45, 2.75) is 71.0 Å². The highest BCUT2D eigenvalue weighted by Crippen LogP contribution is 2.64. The number of fused-ring (bicyclic) bond motifs is 5. The van der Waals surface area contributed by atoms with Crippen molar-refractivity contribution in [1.82, 2.24) is 0 Å². The second-order valence-corrected chi connectivity index (χ2v) is 9.02. The number of aliphatic hydroxyl groups is 2. The predicted molar refractivity (Wildman–Crippen MR) is 93.5 cm³/mol. The molecule has 2 N–H and O–H groups in total. The summed E-state index contributed by atoms with van der Waals surface area (Å²) in [6.45, 7) is 4.72. The first-order valence-corrected chi connectivity index (χ1v) is 9.57. The predicted octanol–water partition coefficient (Wildman–Crippen LogP) is 3.28. The number of rotatable bonds is 1. The van der Waals surface area contributed by atoms with E-state index in [1.54, 1.807) is 7.11 Å². The first-order valence-electron chi connectivity index (χ1n) is 9.57. The van der Waals surface area contributed by atoms with Crippen LogP contribution >= 0.6 is 0 Å². The Labute approximate surface area is 145 Å². The van der Waals surface area contributed by atoms with Gasteiger partial charge in [0.15, 0.2) is 0 Å². The van der Waals surface area contributed by atoms with Crippen LogP contribution in [0.2, 0.25) is 0 Å². The van der Waals surface area contributed by atoms with Crippen LogP contribution in [0.1, 0.15) is 58.8 Å². The van der Waals surface area contributed by atoms with E-state index in [1.807, 2.05) is 0 Å². The molecule has 0 aromatic rings. The molecule has 0 heterocycles. The van der Waals surface area contributed by atoms with Crippen LogP contribution in [0.3, 0.4) is 0 Å². The number of aliphatic hydroxyl groups excluding tert-OH is 2. The van der Waals surface area contributed by atoms with Gasteiger partial charge in [0, 0.05) is 5.41 Å². The highest BCUT2D eigenvalue weighted by atomic mass is 16.6. The van der Waals surface area contributed by atoms with E-state index < -0.39 is 6.10 Å². The van der Waals surface area contributed by atoms with Gasteiger partial charge in [0.25, 0.3) is 0 Å². The lowest BCUT2D eigenvalue weighted by Crippen LogP contribution is -2.50. The molecule has 0 radical (unpaired) electrons. The third kappa shape index (κ3) is 2.15. The van der Waals surface area contributed by atoms with Gasteiger partial charge in [-0.25, -0.2) is 0 Å². The summed E-state index contributed by atoms with van der Waals surface area (Å²) in [5.74, 6) is 1.78. The maximum Gasteiger partial charge on any atom is 0.106 e. The minimum atomic E-state index is -0.454. The third-order valence-electron chi connectivity index (χ3n) is 8.04. The summed E-state index contributed by atoms with van der Waals surface area (Å²) in [4.78, 5) is 5.05. The largest absolute Gasteiger partial charge is 0.399 e. The zero-order valence-corrected chi connectivity index (χ0v) is 15.2. The number of hydrogen-bond donors (Lipinski definition) is 2. The zero-order valence-electron chi connectivity index (χ0n) is 15.2. The quantitative estimate of drug-likeness (QED) is 0.572. The molecule has 0 spiro atoms. The SMILES string of the molecule is CO/N=C1\C(O)C[C@H]2[C@@H]3CC=C4CC(O)CC[C@]4(C)[C@H]3CC[C@]12C. The smallest absolute Gasteiger partial charge is 0.106 e. The molecular formula is C20H31NO3. The van der Waals surface area contributed by atoms with Gasteiger partial charge in [-0.05, 0) is 68.1 Å². The molecule has 2 unspecified atom stereocenters. The molecule has 4 aliphatic carbocycles. The van der Waals surface area contributed by atoms with Gasteiger partial charge in [-0.1, -0.05) is 30.7 Å². The lowest BCUT2D eigenvalue weighted by atomic mass is 9.48. The Bertz CT molecular complexity index is 585. The van der Waals surface area contributed by atoms with Crippen molar-refractivity contribution < 1.29 is 15.1 Å². The summed E-state index contributed by atoms with van der Waals surface area (Å²) in [6, 6.07) is 0. The van der Waals surface area contributed by atoms with Crippen LogP contribution in [0.5, 0.6) is 0 Å². The van der Waals surface area contributed by atoms with Crippen molar-refractivity contribution in [3.8, 4) is 0 Å². The molecule has 0 amide bonds. The Morgan fingerprint density at radius 3 is 2.62 bits per heavy atom. The molecule has 0 aromatic carbocycles. The minimum absolute atomic E-state index is 0.0214. The summed E-state index contributed by atoms with van der Waals surface area (Å²) in [7, 11) is 1.58. The number of oxime groups is 1. The van der Waals surface area contributed by atoms with Crippen LogP contribution in [0, 0.1) is 28.6 Å². The van der Waals surface area contributed by atoms with Crippen LogP contribution in [-0.4, -0.2) is 35.2 Å². The van der Waals surface area contributed by atoms with Crippen molar-refractivity contribution in [1.29, 1.82) is 0 Å². The average Bonchev–Trinajstić information content (AvgIpc) is 2.80. The van der Waals surface area contributed by atoms with Gasteiger partial charge in [-0.3, -0.25) is 0 Å². The molecule has 3 fully saturated rings. The van der Waals surface area contributed by atoms with E-state index in [0.29, 0.717) is 17.8 Å². The molecule has 0 aromatic heterocycles. The maximum atomic E-state index is 10.6. The van der Waals surface area contributed by atoms with Crippen molar-refractivity contribution in [2.24, 2.45) is 33.7 Å². The first-order chi connectivity index (χ1) is 11.4. The summed E-state index contributed by atoms with van der Waals surface area (Å²) >= 11 is 0. The fraction of sp³-hybridized carbons (Fsp3) is 0.850. The summed E-state index contributed by atoms with van der Waals surface area (Å²) in [6.07, 6.45) is 8.91. The second kappa shape index (κ2) is 5.57. The standard InChI is InChI=1S/C20H31NO3/c1-19-8-6-13(22)10-12(19)4-5-14-15(19)7-9-20(2)16(14)11-17(23)18(20)21-24-3/h4,13-17,22-23H,5-11H2,1-3H3/b21-18+/t13?,14-,15+,16+,17?,19+,20+/m1/s1. The molecule has 0 saturated heterocycles. The highest BCUT2D eigenvalue weighted by Gasteiger charge is 2.60. The van der Waals surface area contributed by atoms with Crippen molar-refractivity contribution in [3.05, 3.63) is 11.6 Å². The second-order valence-electron chi connectivity index (χ2n) is 9.02. The number of allylic oxidation sites excluding steroid dienone is 1. The molecule has 24 heavy (non-hydrogen) atoms. The lowest BCUT2D eigenvalue weighted by Gasteiger charge is -2.57. The molecule has 4 rings (SSSR count). The monoisotopic (exact) mass is 333 g/mol. The first kappa shape index (κ1) is 16.6. The normalized spacial score (nSPS) is 52.3. The van der Waals surface area contributed by atoms with Gasteiger partial charge in [-0.2, -0.15) is 0 Å². The fourth-order valence-corrected chi connectivity index (χ4v) is 6.71. The van der Waals surface area contributed by atoms with E-state index in [1.165, 1.54) is 12.0 Å². The molecule has 0 aliphatic heterocycles. The van der Waals surface area contributed by atoms with Crippen LogP contribution in [0.4, 0.5) is 0 Å². The zero-order chi connectivity index (χ0) is 17.1. The van der Waals surface area contributed by atoms with E-state index in [9.17, 15) is 10.2 Å². The Morgan fingerprint density at radius 1 is 1.12 bits per heavy atom. The average molecular weight is 333 g/mol. The maximum absolute atomic E-state index is 10.6. The van der Waals surface area contributed by atoms with Crippen LogP contribution in [-0.2, 0) is 4.84 Å². The van der Waals surface area contributed by atoms with E-state index in [-0.39, 0.29) is 16.9 Å². The third-order valence-corrected chi connectivity index (χ3v) is 8.04. The summed E-state index contributed by atoms with van der Waals surface area (Å²) in [5, 5.41) is 24.9. The van der Waals surface area contributed by atoms with Gasteiger partial charge < -0.3 is 15.1 Å². The van der Waals surface area contributed by atoms with Gasteiger partial charge in [0.1, 0.15) is 7.11 Å². The van der Waals surface area contributed by atoms with Crippen LogP contribution < -0.4 is 0 Å². The van der Waals surface area contributed by atoms with Gasteiger partial charge >= 0.3 is 0 Å². The molecule has 4 heteroatoms. The molecule has 4 aliphatic rings. The van der Waals surface area contributed by atoms with E-state index in [4.69, 9.17) is 4.84 Å². The summed E-state index contributed by atoms with van der Waals surface area (Å²) in [5.41, 5.74) is 2.59. The number of hydrogen-bond acceptors (Lipinski definition) is 4. The van der Waals surface area contributed by atoms with E-state index >= 15 is 0 Å². The Balaban J connectivity index is 1.68. The lowest BCUT2D eigenvalue weighted by molar-refractivity contribution is -0.0237. The molecule has 0 bridgehead atoms. The topological polar surface area (TPSA) is 62.0 Å².